The molecule has 0 radical (unpaired) electrons. The number of alkyl halides is 3. The molecule has 2 rings (SSSR count). The molecule has 0 unspecified atom stereocenters. The van der Waals surface area contributed by atoms with Crippen molar-refractivity contribution in [3.8, 4) is 11.5 Å². The van der Waals surface area contributed by atoms with Crippen molar-refractivity contribution in [1.29, 1.82) is 0 Å². The van der Waals surface area contributed by atoms with Gasteiger partial charge >= 0.3 is 6.18 Å². The van der Waals surface area contributed by atoms with Gasteiger partial charge in [0.15, 0.2) is 11.5 Å². The summed E-state index contributed by atoms with van der Waals surface area (Å²) in [5, 5.41) is 20.7. The van der Waals surface area contributed by atoms with Gasteiger partial charge in [0, 0.05) is 11.3 Å². The molecule has 0 saturated heterocycles. The zero-order valence-electron chi connectivity index (χ0n) is 10.5. The molecular weight excluding hydrogens is 287 g/mol. The number of rotatable bonds is 2. The maximum atomic E-state index is 12.6. The lowest BCUT2D eigenvalue weighted by Crippen LogP contribution is -2.13. The zero-order chi connectivity index (χ0) is 15.6. The molecule has 0 fully saturated rings. The van der Waals surface area contributed by atoms with Crippen LogP contribution in [0.15, 0.2) is 42.5 Å². The average molecular weight is 297 g/mol. The van der Waals surface area contributed by atoms with Gasteiger partial charge in [0.25, 0.3) is 5.91 Å². The number of aromatic hydroxyl groups is 2. The van der Waals surface area contributed by atoms with Crippen molar-refractivity contribution in [2.45, 2.75) is 6.18 Å². The summed E-state index contributed by atoms with van der Waals surface area (Å²) >= 11 is 0. The van der Waals surface area contributed by atoms with Crippen LogP contribution in [-0.4, -0.2) is 16.1 Å². The monoisotopic (exact) mass is 297 g/mol. The Kier molecular flexibility index (Phi) is 3.75. The summed E-state index contributed by atoms with van der Waals surface area (Å²) in [7, 11) is 0. The molecule has 0 bridgehead atoms. The fourth-order valence-corrected chi connectivity index (χ4v) is 1.64. The first kappa shape index (κ1) is 14.7. The standard InChI is InChI=1S/C14H10F3NO3/c15-14(16,17)9-2-1-3-10(7-9)18-13(21)8-4-5-11(19)12(20)6-8/h1-7,19-20H,(H,18,21). The second-order valence-electron chi connectivity index (χ2n) is 4.24. The van der Waals surface area contributed by atoms with Gasteiger partial charge in [-0.1, -0.05) is 6.07 Å². The Morgan fingerprint density at radius 2 is 1.71 bits per heavy atom. The Hall–Kier alpha value is -2.70. The predicted molar refractivity (Wildman–Crippen MR) is 69.2 cm³/mol. The summed E-state index contributed by atoms with van der Waals surface area (Å²) in [6, 6.07) is 7.53. The van der Waals surface area contributed by atoms with Gasteiger partial charge in [-0.3, -0.25) is 4.79 Å². The SMILES string of the molecule is O=C(Nc1cccc(C(F)(F)F)c1)c1ccc(O)c(O)c1. The highest BCUT2D eigenvalue weighted by Gasteiger charge is 2.30. The molecule has 110 valence electrons. The lowest BCUT2D eigenvalue weighted by molar-refractivity contribution is -0.137. The Morgan fingerprint density at radius 3 is 2.33 bits per heavy atom. The highest BCUT2D eigenvalue weighted by Crippen LogP contribution is 2.31. The third-order valence-electron chi connectivity index (χ3n) is 2.69. The molecule has 0 atom stereocenters. The van der Waals surface area contributed by atoms with E-state index in [0.717, 1.165) is 24.3 Å². The highest BCUT2D eigenvalue weighted by atomic mass is 19.4. The zero-order valence-corrected chi connectivity index (χ0v) is 10.5. The Labute approximate surface area is 117 Å². The Bertz CT molecular complexity index is 683. The number of anilines is 1. The molecule has 2 aromatic carbocycles. The number of phenolic OH excluding ortho intramolecular Hbond substituents is 2. The van der Waals surface area contributed by atoms with Crippen molar-refractivity contribution < 1.29 is 28.2 Å². The minimum Gasteiger partial charge on any atom is -0.504 e. The number of nitrogens with one attached hydrogen (secondary N) is 1. The summed E-state index contributed by atoms with van der Waals surface area (Å²) in [6.45, 7) is 0. The molecule has 0 saturated carbocycles. The van der Waals surface area contributed by atoms with Crippen LogP contribution in [0.4, 0.5) is 18.9 Å². The van der Waals surface area contributed by atoms with Gasteiger partial charge < -0.3 is 15.5 Å². The molecular formula is C14H10F3NO3. The third kappa shape index (κ3) is 3.44. The average Bonchev–Trinajstić information content (AvgIpc) is 2.41. The summed E-state index contributed by atoms with van der Waals surface area (Å²) in [6.07, 6.45) is -4.50. The predicted octanol–water partition coefficient (Wildman–Crippen LogP) is 3.37. The molecule has 1 amide bonds. The van der Waals surface area contributed by atoms with Crippen molar-refractivity contribution in [3.63, 3.8) is 0 Å². The van der Waals surface area contributed by atoms with E-state index in [1.54, 1.807) is 0 Å². The van der Waals surface area contributed by atoms with E-state index in [2.05, 4.69) is 5.32 Å². The van der Waals surface area contributed by atoms with Gasteiger partial charge in [-0.05, 0) is 36.4 Å². The van der Waals surface area contributed by atoms with Crippen LogP contribution in [0.3, 0.4) is 0 Å². The highest BCUT2D eigenvalue weighted by molar-refractivity contribution is 6.04. The van der Waals surface area contributed by atoms with Crippen molar-refractivity contribution >= 4 is 11.6 Å². The first-order valence-electron chi connectivity index (χ1n) is 5.78. The quantitative estimate of drug-likeness (QED) is 0.744. The Morgan fingerprint density at radius 1 is 1.00 bits per heavy atom. The van der Waals surface area contributed by atoms with E-state index >= 15 is 0 Å². The van der Waals surface area contributed by atoms with Crippen LogP contribution in [0.5, 0.6) is 11.5 Å². The summed E-state index contributed by atoms with van der Waals surface area (Å²) in [5.41, 5.74) is -0.904. The number of hydrogen-bond acceptors (Lipinski definition) is 3. The van der Waals surface area contributed by atoms with Gasteiger partial charge in [-0.25, -0.2) is 0 Å². The fraction of sp³-hybridized carbons (Fsp3) is 0.0714. The number of benzene rings is 2. The molecule has 0 heterocycles. The van der Waals surface area contributed by atoms with E-state index in [1.807, 2.05) is 0 Å². The molecule has 0 aliphatic heterocycles. The van der Waals surface area contributed by atoms with Crippen LogP contribution in [0, 0.1) is 0 Å². The molecule has 7 heteroatoms. The van der Waals surface area contributed by atoms with Gasteiger partial charge in [-0.15, -0.1) is 0 Å². The van der Waals surface area contributed by atoms with E-state index in [9.17, 15) is 23.1 Å². The number of phenols is 2. The number of carbonyl (C=O) groups is 1. The molecule has 4 nitrogen and oxygen atoms in total. The van der Waals surface area contributed by atoms with Crippen LogP contribution >= 0.6 is 0 Å². The van der Waals surface area contributed by atoms with Crippen LogP contribution in [-0.2, 0) is 6.18 Å². The largest absolute Gasteiger partial charge is 0.504 e. The first-order chi connectivity index (χ1) is 9.77. The molecule has 0 aliphatic rings. The molecule has 21 heavy (non-hydrogen) atoms. The first-order valence-corrected chi connectivity index (χ1v) is 5.78. The fourth-order valence-electron chi connectivity index (χ4n) is 1.64. The third-order valence-corrected chi connectivity index (χ3v) is 2.69. The smallest absolute Gasteiger partial charge is 0.416 e. The number of amides is 1. The summed E-state index contributed by atoms with van der Waals surface area (Å²) < 4.78 is 37.7. The Balaban J connectivity index is 2.21. The summed E-state index contributed by atoms with van der Waals surface area (Å²) in [4.78, 5) is 11.9. The van der Waals surface area contributed by atoms with Crippen molar-refractivity contribution in [3.05, 3.63) is 53.6 Å². The second-order valence-corrected chi connectivity index (χ2v) is 4.24. The van der Waals surface area contributed by atoms with E-state index in [0.29, 0.717) is 0 Å². The van der Waals surface area contributed by atoms with E-state index in [-0.39, 0.29) is 11.3 Å². The maximum Gasteiger partial charge on any atom is 0.416 e. The minimum atomic E-state index is -4.50. The normalized spacial score (nSPS) is 11.2. The van der Waals surface area contributed by atoms with Gasteiger partial charge in [-0.2, -0.15) is 13.2 Å². The lowest BCUT2D eigenvalue weighted by atomic mass is 10.1. The van der Waals surface area contributed by atoms with Crippen LogP contribution in [0.25, 0.3) is 0 Å². The topological polar surface area (TPSA) is 69.6 Å². The van der Waals surface area contributed by atoms with Gasteiger partial charge in [0.05, 0.1) is 5.56 Å². The van der Waals surface area contributed by atoms with Crippen molar-refractivity contribution in [2.24, 2.45) is 0 Å². The maximum absolute atomic E-state index is 12.6. The van der Waals surface area contributed by atoms with E-state index in [4.69, 9.17) is 5.11 Å². The molecule has 0 spiro atoms. The number of hydrogen-bond donors (Lipinski definition) is 3. The molecule has 3 N–H and O–H groups in total. The number of halogens is 3. The molecule has 2 aromatic rings. The van der Waals surface area contributed by atoms with E-state index in [1.165, 1.54) is 18.2 Å². The molecule has 0 aromatic heterocycles. The lowest BCUT2D eigenvalue weighted by Gasteiger charge is -2.10. The van der Waals surface area contributed by atoms with Crippen molar-refractivity contribution in [2.75, 3.05) is 5.32 Å². The van der Waals surface area contributed by atoms with Gasteiger partial charge in [0.1, 0.15) is 0 Å². The molecule has 0 aliphatic carbocycles. The van der Waals surface area contributed by atoms with Crippen LogP contribution < -0.4 is 5.32 Å². The second kappa shape index (κ2) is 5.35. The van der Waals surface area contributed by atoms with E-state index < -0.39 is 29.1 Å². The van der Waals surface area contributed by atoms with Crippen molar-refractivity contribution in [1.82, 2.24) is 0 Å². The summed E-state index contributed by atoms with van der Waals surface area (Å²) in [5.74, 6) is -1.60. The van der Waals surface area contributed by atoms with Gasteiger partial charge in [0.2, 0.25) is 0 Å². The van der Waals surface area contributed by atoms with Crippen LogP contribution in [0.1, 0.15) is 15.9 Å². The number of carbonyl (C=O) groups excluding carboxylic acids is 1. The van der Waals surface area contributed by atoms with Crippen LogP contribution in [0.2, 0.25) is 0 Å². The minimum absolute atomic E-state index is 0.00251.